The predicted octanol–water partition coefficient (Wildman–Crippen LogP) is 2.16. The number of rotatable bonds is 5. The van der Waals surface area contributed by atoms with Crippen LogP contribution in [0.1, 0.15) is 29.5 Å². The molecule has 0 bridgehead atoms. The van der Waals surface area contributed by atoms with Crippen LogP contribution in [0.25, 0.3) is 0 Å². The summed E-state index contributed by atoms with van der Waals surface area (Å²) in [4.78, 5) is 0. The fourth-order valence-electron chi connectivity index (χ4n) is 2.05. The Balaban J connectivity index is 1.80. The van der Waals surface area contributed by atoms with Gasteiger partial charge in [0.05, 0.1) is 6.10 Å². The third kappa shape index (κ3) is 3.06. The molecule has 88 valence electrons. The summed E-state index contributed by atoms with van der Waals surface area (Å²) >= 11 is 0. The highest BCUT2D eigenvalue weighted by atomic mass is 16.3. The second-order valence-electron chi connectivity index (χ2n) is 4.97. The number of aryl methyl sites for hydroxylation is 2. The van der Waals surface area contributed by atoms with E-state index in [2.05, 4.69) is 37.4 Å². The topological polar surface area (TPSA) is 32.3 Å². The Kier molecular flexibility index (Phi) is 3.62. The van der Waals surface area contributed by atoms with Crippen LogP contribution in [0, 0.1) is 19.8 Å². The number of benzene rings is 1. The van der Waals surface area contributed by atoms with E-state index in [1.807, 2.05) is 0 Å². The van der Waals surface area contributed by atoms with Crippen molar-refractivity contribution >= 4 is 0 Å². The highest BCUT2D eigenvalue weighted by molar-refractivity contribution is 5.30. The molecule has 0 heterocycles. The minimum absolute atomic E-state index is 0.147. The number of aliphatic hydroxyl groups is 1. The molecule has 1 aliphatic rings. The molecule has 0 aromatic heterocycles. The minimum atomic E-state index is -0.147. The molecule has 1 aromatic rings. The van der Waals surface area contributed by atoms with Crippen LogP contribution in [0.5, 0.6) is 0 Å². The molecule has 0 aliphatic heterocycles. The SMILES string of the molecule is Cc1ccc(CNCC(O)C2CC2)c(C)c1. The summed E-state index contributed by atoms with van der Waals surface area (Å²) < 4.78 is 0. The molecule has 1 fully saturated rings. The second-order valence-corrected chi connectivity index (χ2v) is 4.97. The van der Waals surface area contributed by atoms with Crippen molar-refractivity contribution in [3.8, 4) is 0 Å². The van der Waals surface area contributed by atoms with E-state index in [4.69, 9.17) is 0 Å². The molecule has 1 aromatic carbocycles. The largest absolute Gasteiger partial charge is 0.392 e. The van der Waals surface area contributed by atoms with Gasteiger partial charge in [0.2, 0.25) is 0 Å². The van der Waals surface area contributed by atoms with E-state index in [1.54, 1.807) is 0 Å². The lowest BCUT2D eigenvalue weighted by molar-refractivity contribution is 0.148. The Morgan fingerprint density at radius 2 is 2.12 bits per heavy atom. The molecule has 1 saturated carbocycles. The third-order valence-corrected chi connectivity index (χ3v) is 3.33. The van der Waals surface area contributed by atoms with Gasteiger partial charge in [-0.3, -0.25) is 0 Å². The maximum atomic E-state index is 9.72. The first-order valence-electron chi connectivity index (χ1n) is 6.11. The zero-order valence-electron chi connectivity index (χ0n) is 10.2. The first-order valence-corrected chi connectivity index (χ1v) is 6.11. The second kappa shape index (κ2) is 4.98. The summed E-state index contributed by atoms with van der Waals surface area (Å²) in [5.74, 6) is 0.562. The fourth-order valence-corrected chi connectivity index (χ4v) is 2.05. The highest BCUT2D eigenvalue weighted by Gasteiger charge is 2.28. The van der Waals surface area contributed by atoms with E-state index in [-0.39, 0.29) is 6.10 Å². The first kappa shape index (κ1) is 11.6. The Morgan fingerprint density at radius 1 is 1.38 bits per heavy atom. The van der Waals surface area contributed by atoms with Crippen LogP contribution in [0.3, 0.4) is 0 Å². The van der Waals surface area contributed by atoms with Crippen molar-refractivity contribution in [3.63, 3.8) is 0 Å². The van der Waals surface area contributed by atoms with Crippen molar-refractivity contribution < 1.29 is 5.11 Å². The molecule has 1 aliphatic carbocycles. The van der Waals surface area contributed by atoms with Crippen LogP contribution in [-0.4, -0.2) is 17.8 Å². The van der Waals surface area contributed by atoms with Crippen LogP contribution in [0.4, 0.5) is 0 Å². The molecule has 0 spiro atoms. The zero-order chi connectivity index (χ0) is 11.5. The van der Waals surface area contributed by atoms with Gasteiger partial charge in [-0.1, -0.05) is 23.8 Å². The van der Waals surface area contributed by atoms with Crippen LogP contribution < -0.4 is 5.32 Å². The fraction of sp³-hybridized carbons (Fsp3) is 0.571. The van der Waals surface area contributed by atoms with Gasteiger partial charge >= 0.3 is 0 Å². The predicted molar refractivity (Wildman–Crippen MR) is 66.4 cm³/mol. The summed E-state index contributed by atoms with van der Waals surface area (Å²) in [6.07, 6.45) is 2.25. The average molecular weight is 219 g/mol. The molecule has 2 heteroatoms. The van der Waals surface area contributed by atoms with Gasteiger partial charge in [0.15, 0.2) is 0 Å². The van der Waals surface area contributed by atoms with E-state index < -0.39 is 0 Å². The molecule has 2 N–H and O–H groups in total. The summed E-state index contributed by atoms with van der Waals surface area (Å²) in [6, 6.07) is 6.51. The number of aliphatic hydroxyl groups excluding tert-OH is 1. The molecule has 1 atom stereocenters. The van der Waals surface area contributed by atoms with Crippen LogP contribution in [0.2, 0.25) is 0 Å². The van der Waals surface area contributed by atoms with E-state index in [1.165, 1.54) is 29.5 Å². The van der Waals surface area contributed by atoms with Crippen molar-refractivity contribution in [1.82, 2.24) is 5.32 Å². The molecule has 0 radical (unpaired) electrons. The normalized spacial score (nSPS) is 17.4. The van der Waals surface area contributed by atoms with E-state index >= 15 is 0 Å². The maximum absolute atomic E-state index is 9.72. The molecule has 0 amide bonds. The molecule has 1 unspecified atom stereocenters. The average Bonchev–Trinajstić information content (AvgIpc) is 3.04. The van der Waals surface area contributed by atoms with Gasteiger partial charge < -0.3 is 10.4 Å². The quantitative estimate of drug-likeness (QED) is 0.795. The van der Waals surface area contributed by atoms with Gasteiger partial charge in [-0.25, -0.2) is 0 Å². The van der Waals surface area contributed by atoms with Crippen LogP contribution >= 0.6 is 0 Å². The molecule has 2 rings (SSSR count). The number of hydrogen-bond donors (Lipinski definition) is 2. The Labute approximate surface area is 97.7 Å². The van der Waals surface area contributed by atoms with E-state index in [0.717, 1.165) is 13.1 Å². The summed E-state index contributed by atoms with van der Waals surface area (Å²) in [5, 5.41) is 13.1. The van der Waals surface area contributed by atoms with Gasteiger partial charge in [-0.15, -0.1) is 0 Å². The lowest BCUT2D eigenvalue weighted by Gasteiger charge is -2.12. The van der Waals surface area contributed by atoms with Crippen molar-refractivity contribution in [2.45, 2.75) is 39.3 Å². The van der Waals surface area contributed by atoms with Gasteiger partial charge in [0.1, 0.15) is 0 Å². The third-order valence-electron chi connectivity index (χ3n) is 3.33. The van der Waals surface area contributed by atoms with Crippen LogP contribution in [0.15, 0.2) is 18.2 Å². The van der Waals surface area contributed by atoms with Crippen molar-refractivity contribution in [1.29, 1.82) is 0 Å². The monoisotopic (exact) mass is 219 g/mol. The molecule has 0 saturated heterocycles. The van der Waals surface area contributed by atoms with E-state index in [9.17, 15) is 5.11 Å². The molecular weight excluding hydrogens is 198 g/mol. The highest BCUT2D eigenvalue weighted by Crippen LogP contribution is 2.32. The summed E-state index contributed by atoms with van der Waals surface area (Å²) in [7, 11) is 0. The number of nitrogens with one attached hydrogen (secondary N) is 1. The van der Waals surface area contributed by atoms with Gasteiger partial charge in [0, 0.05) is 13.1 Å². The van der Waals surface area contributed by atoms with Gasteiger partial charge in [0.25, 0.3) is 0 Å². The van der Waals surface area contributed by atoms with Crippen molar-refractivity contribution in [2.75, 3.05) is 6.54 Å². The van der Waals surface area contributed by atoms with Gasteiger partial charge in [-0.2, -0.15) is 0 Å². The lowest BCUT2D eigenvalue weighted by atomic mass is 10.1. The molecular formula is C14H21NO. The summed E-state index contributed by atoms with van der Waals surface area (Å²) in [5.41, 5.74) is 3.96. The summed E-state index contributed by atoms with van der Waals surface area (Å²) in [6.45, 7) is 5.83. The molecule has 2 nitrogen and oxygen atoms in total. The van der Waals surface area contributed by atoms with Gasteiger partial charge in [-0.05, 0) is 43.7 Å². The first-order chi connectivity index (χ1) is 7.66. The van der Waals surface area contributed by atoms with Crippen molar-refractivity contribution in [2.24, 2.45) is 5.92 Å². The number of hydrogen-bond acceptors (Lipinski definition) is 2. The van der Waals surface area contributed by atoms with Crippen LogP contribution in [-0.2, 0) is 6.54 Å². The Bertz CT molecular complexity index is 358. The Morgan fingerprint density at radius 3 is 2.75 bits per heavy atom. The lowest BCUT2D eigenvalue weighted by Crippen LogP contribution is -2.28. The standard InChI is InChI=1S/C14H21NO/c1-10-3-4-13(11(2)7-10)8-15-9-14(16)12-5-6-12/h3-4,7,12,14-16H,5-6,8-9H2,1-2H3. The maximum Gasteiger partial charge on any atom is 0.0692 e. The zero-order valence-corrected chi connectivity index (χ0v) is 10.2. The minimum Gasteiger partial charge on any atom is -0.392 e. The Hall–Kier alpha value is -0.860. The van der Waals surface area contributed by atoms with Crippen molar-refractivity contribution in [3.05, 3.63) is 34.9 Å². The van der Waals surface area contributed by atoms with E-state index in [0.29, 0.717) is 5.92 Å². The smallest absolute Gasteiger partial charge is 0.0692 e. The molecule has 16 heavy (non-hydrogen) atoms.